The zero-order valence-corrected chi connectivity index (χ0v) is 16.7. The molecule has 2 aromatic carbocycles. The van der Waals surface area contributed by atoms with E-state index in [0.29, 0.717) is 0 Å². The normalized spacial score (nSPS) is 14.2. The fraction of sp³-hybridized carbons (Fsp3) is 0.273. The van der Waals surface area contributed by atoms with E-state index in [1.54, 1.807) is 0 Å². The number of nitrogens with one attached hydrogen (secondary N) is 1. The maximum absolute atomic E-state index is 6.13. The zero-order chi connectivity index (χ0) is 19.3. The molecule has 0 radical (unpaired) electrons. The number of benzene rings is 2. The van der Waals surface area contributed by atoms with Crippen molar-refractivity contribution in [3.8, 4) is 0 Å². The van der Waals surface area contributed by atoms with E-state index >= 15 is 0 Å². The van der Waals surface area contributed by atoms with E-state index in [1.165, 1.54) is 16.8 Å². The Morgan fingerprint density at radius 3 is 2.54 bits per heavy atom. The number of hydrogen-bond donors (Lipinski definition) is 1. The Balaban J connectivity index is 1.38. The average Bonchev–Trinajstić information content (AvgIpc) is 2.73. The maximum Gasteiger partial charge on any atom is 0.227 e. The van der Waals surface area contributed by atoms with Crippen LogP contribution in [-0.2, 0) is 6.54 Å². The Labute approximate surface area is 171 Å². The highest BCUT2D eigenvalue weighted by Gasteiger charge is 2.19. The van der Waals surface area contributed by atoms with E-state index in [1.807, 2.05) is 30.5 Å². The molecule has 0 amide bonds. The molecule has 6 heteroatoms. The first-order valence-electron chi connectivity index (χ1n) is 9.56. The largest absolute Gasteiger partial charge is 0.368 e. The number of halogens is 1. The smallest absolute Gasteiger partial charge is 0.227 e. The number of aryl methyl sites for hydroxylation is 1. The van der Waals surface area contributed by atoms with Crippen LogP contribution < -0.4 is 15.1 Å². The van der Waals surface area contributed by atoms with Crippen LogP contribution in [0, 0.1) is 6.92 Å². The summed E-state index contributed by atoms with van der Waals surface area (Å²) in [5.74, 6) is 1.63. The van der Waals surface area contributed by atoms with Crippen LogP contribution in [0.2, 0.25) is 5.02 Å². The monoisotopic (exact) mass is 393 g/mol. The first-order valence-corrected chi connectivity index (χ1v) is 9.94. The van der Waals surface area contributed by atoms with Crippen LogP contribution in [0.25, 0.3) is 0 Å². The molecule has 3 aromatic rings. The van der Waals surface area contributed by atoms with E-state index in [-0.39, 0.29) is 0 Å². The highest BCUT2D eigenvalue weighted by Crippen LogP contribution is 2.22. The summed E-state index contributed by atoms with van der Waals surface area (Å²) < 4.78 is 0. The van der Waals surface area contributed by atoms with Crippen molar-refractivity contribution in [1.29, 1.82) is 0 Å². The number of aromatic nitrogens is 2. The molecule has 0 spiro atoms. The van der Waals surface area contributed by atoms with Gasteiger partial charge in [0, 0.05) is 49.6 Å². The molecule has 1 fully saturated rings. The Hall–Kier alpha value is -2.79. The van der Waals surface area contributed by atoms with Gasteiger partial charge in [0.15, 0.2) is 0 Å². The Bertz CT molecular complexity index is 937. The molecule has 2 heterocycles. The lowest BCUT2D eigenvalue weighted by molar-refractivity contribution is 0.640. The number of rotatable bonds is 5. The van der Waals surface area contributed by atoms with Crippen molar-refractivity contribution in [2.45, 2.75) is 13.5 Å². The van der Waals surface area contributed by atoms with Crippen molar-refractivity contribution in [3.63, 3.8) is 0 Å². The highest BCUT2D eigenvalue weighted by molar-refractivity contribution is 6.30. The number of anilines is 3. The molecular weight excluding hydrogens is 370 g/mol. The van der Waals surface area contributed by atoms with Gasteiger partial charge < -0.3 is 15.1 Å². The van der Waals surface area contributed by atoms with Crippen molar-refractivity contribution in [3.05, 3.63) is 76.9 Å². The summed E-state index contributed by atoms with van der Waals surface area (Å²) in [5, 5.41) is 4.19. The van der Waals surface area contributed by atoms with Crippen molar-refractivity contribution < 1.29 is 0 Å². The van der Waals surface area contributed by atoms with Crippen LogP contribution in [0.4, 0.5) is 17.5 Å². The summed E-state index contributed by atoms with van der Waals surface area (Å²) in [6.07, 6.45) is 1.83. The summed E-state index contributed by atoms with van der Waals surface area (Å²) in [6, 6.07) is 18.3. The summed E-state index contributed by atoms with van der Waals surface area (Å²) in [6.45, 7) is 6.49. The second kappa shape index (κ2) is 8.48. The Morgan fingerprint density at radius 2 is 1.75 bits per heavy atom. The minimum atomic E-state index is 0.756. The van der Waals surface area contributed by atoms with Crippen LogP contribution in [0.1, 0.15) is 11.1 Å². The maximum atomic E-state index is 6.13. The van der Waals surface area contributed by atoms with Crippen LogP contribution in [0.5, 0.6) is 0 Å². The molecule has 1 saturated heterocycles. The van der Waals surface area contributed by atoms with Crippen molar-refractivity contribution in [2.75, 3.05) is 41.3 Å². The van der Waals surface area contributed by atoms with Crippen molar-refractivity contribution >= 4 is 29.1 Å². The average molecular weight is 394 g/mol. The van der Waals surface area contributed by atoms with Gasteiger partial charge in [0.2, 0.25) is 5.95 Å². The van der Waals surface area contributed by atoms with Crippen molar-refractivity contribution in [2.24, 2.45) is 0 Å². The lowest BCUT2D eigenvalue weighted by Crippen LogP contribution is -2.47. The van der Waals surface area contributed by atoms with Gasteiger partial charge in [-0.05, 0) is 42.3 Å². The molecule has 0 aliphatic carbocycles. The van der Waals surface area contributed by atoms with Crippen LogP contribution >= 0.6 is 11.6 Å². The van der Waals surface area contributed by atoms with E-state index in [0.717, 1.165) is 49.5 Å². The summed E-state index contributed by atoms with van der Waals surface area (Å²) in [4.78, 5) is 13.8. The van der Waals surface area contributed by atoms with Crippen LogP contribution in [0.3, 0.4) is 0 Å². The third kappa shape index (κ3) is 4.37. The second-order valence-corrected chi connectivity index (χ2v) is 7.41. The molecule has 0 atom stereocenters. The zero-order valence-electron chi connectivity index (χ0n) is 16.0. The molecule has 5 nitrogen and oxygen atoms in total. The highest BCUT2D eigenvalue weighted by atomic mass is 35.5. The second-order valence-electron chi connectivity index (χ2n) is 6.98. The number of piperazine rings is 1. The standard InChI is InChI=1S/C22H24ClN5/c1-17-5-2-3-6-18(17)16-25-21-9-10-24-22(26-21)28-13-11-27(12-14-28)20-8-4-7-19(23)15-20/h2-10,15H,11-14,16H2,1H3,(H,24,25,26). The van der Waals surface area contributed by atoms with Gasteiger partial charge in [0.1, 0.15) is 5.82 Å². The molecule has 144 valence electrons. The van der Waals surface area contributed by atoms with Crippen molar-refractivity contribution in [1.82, 2.24) is 9.97 Å². The van der Waals surface area contributed by atoms with E-state index in [4.69, 9.17) is 16.6 Å². The predicted octanol–water partition coefficient (Wildman–Crippen LogP) is 4.38. The fourth-order valence-corrected chi connectivity index (χ4v) is 3.62. The summed E-state index contributed by atoms with van der Waals surface area (Å²) in [7, 11) is 0. The van der Waals surface area contributed by atoms with Gasteiger partial charge in [-0.3, -0.25) is 0 Å². The molecule has 1 aliphatic rings. The molecular formula is C22H24ClN5. The van der Waals surface area contributed by atoms with Gasteiger partial charge in [-0.25, -0.2) is 4.98 Å². The van der Waals surface area contributed by atoms with Gasteiger partial charge in [0.25, 0.3) is 0 Å². The minimum Gasteiger partial charge on any atom is -0.368 e. The summed E-state index contributed by atoms with van der Waals surface area (Å²) >= 11 is 6.13. The molecule has 1 N–H and O–H groups in total. The van der Waals surface area contributed by atoms with Gasteiger partial charge >= 0.3 is 0 Å². The van der Waals surface area contributed by atoms with Gasteiger partial charge in [0.05, 0.1) is 0 Å². The third-order valence-corrected chi connectivity index (χ3v) is 5.34. The minimum absolute atomic E-state index is 0.756. The van der Waals surface area contributed by atoms with E-state index in [2.05, 4.69) is 57.4 Å². The Morgan fingerprint density at radius 1 is 0.964 bits per heavy atom. The van der Waals surface area contributed by atoms with Gasteiger partial charge in [-0.15, -0.1) is 0 Å². The molecule has 4 rings (SSSR count). The third-order valence-electron chi connectivity index (χ3n) is 5.10. The lowest BCUT2D eigenvalue weighted by atomic mass is 10.1. The van der Waals surface area contributed by atoms with Crippen LogP contribution in [-0.4, -0.2) is 36.1 Å². The Kier molecular flexibility index (Phi) is 5.63. The molecule has 0 bridgehead atoms. The first kappa shape index (κ1) is 18.6. The predicted molar refractivity (Wildman–Crippen MR) is 116 cm³/mol. The van der Waals surface area contributed by atoms with Gasteiger partial charge in [-0.2, -0.15) is 4.98 Å². The molecule has 28 heavy (non-hydrogen) atoms. The quantitative estimate of drug-likeness (QED) is 0.697. The van der Waals surface area contributed by atoms with Crippen LogP contribution in [0.15, 0.2) is 60.8 Å². The van der Waals surface area contributed by atoms with E-state index in [9.17, 15) is 0 Å². The fourth-order valence-electron chi connectivity index (χ4n) is 3.43. The SMILES string of the molecule is Cc1ccccc1CNc1ccnc(N2CCN(c3cccc(Cl)c3)CC2)n1. The summed E-state index contributed by atoms with van der Waals surface area (Å²) in [5.41, 5.74) is 3.72. The topological polar surface area (TPSA) is 44.3 Å². The number of nitrogens with zero attached hydrogens (tertiary/aromatic N) is 4. The molecule has 1 aliphatic heterocycles. The number of hydrogen-bond acceptors (Lipinski definition) is 5. The molecule has 1 aromatic heterocycles. The van der Waals surface area contributed by atoms with E-state index < -0.39 is 0 Å². The lowest BCUT2D eigenvalue weighted by Gasteiger charge is -2.36. The molecule has 0 unspecified atom stereocenters. The first-order chi connectivity index (χ1) is 13.7. The molecule has 0 saturated carbocycles. The van der Waals surface area contributed by atoms with Gasteiger partial charge in [-0.1, -0.05) is 41.9 Å².